The zero-order valence-electron chi connectivity index (χ0n) is 13.3. The smallest absolute Gasteiger partial charge is 0.250 e. The number of nitrogens with zero attached hydrogens (tertiary/aromatic N) is 1. The zero-order valence-corrected chi connectivity index (χ0v) is 14.1. The van der Waals surface area contributed by atoms with Gasteiger partial charge in [-0.05, 0) is 43.3 Å². The third kappa shape index (κ3) is 3.41. The Morgan fingerprint density at radius 1 is 1.24 bits per heavy atom. The van der Waals surface area contributed by atoms with E-state index in [4.69, 9.17) is 13.9 Å². The summed E-state index contributed by atoms with van der Waals surface area (Å²) in [6, 6.07) is 9.29. The van der Waals surface area contributed by atoms with Crippen LogP contribution in [0.4, 0.5) is 5.13 Å². The molecule has 0 aliphatic carbocycles. The van der Waals surface area contributed by atoms with E-state index in [1.54, 1.807) is 12.1 Å². The number of ether oxygens (including phenoxy) is 2. The van der Waals surface area contributed by atoms with Crippen LogP contribution in [-0.4, -0.2) is 17.7 Å². The number of hydrogen-bond acceptors (Lipinski definition) is 6. The molecule has 3 heterocycles. The first kappa shape index (κ1) is 15.5. The Morgan fingerprint density at radius 2 is 2.12 bits per heavy atom. The minimum absolute atomic E-state index is 0.235. The fraction of sp³-hybridized carbons (Fsp3) is 0.111. The van der Waals surface area contributed by atoms with Crippen LogP contribution in [0.15, 0.2) is 46.2 Å². The SMILES string of the molecule is Cc1ccc(/C=C/C(=O)Nc2nc(-c3ccc4c(c3)OCO4)cs2)o1. The van der Waals surface area contributed by atoms with E-state index in [1.165, 1.54) is 17.4 Å². The first-order chi connectivity index (χ1) is 12.2. The van der Waals surface area contributed by atoms with Crippen molar-refractivity contribution >= 4 is 28.5 Å². The summed E-state index contributed by atoms with van der Waals surface area (Å²) in [7, 11) is 0. The monoisotopic (exact) mass is 354 g/mol. The normalized spacial score (nSPS) is 12.7. The van der Waals surface area contributed by atoms with Gasteiger partial charge in [-0.1, -0.05) is 0 Å². The van der Waals surface area contributed by atoms with Gasteiger partial charge in [-0.25, -0.2) is 4.98 Å². The molecule has 126 valence electrons. The predicted octanol–water partition coefficient (Wildman–Crippen LogP) is 4.09. The maximum atomic E-state index is 12.0. The summed E-state index contributed by atoms with van der Waals surface area (Å²) in [6.07, 6.45) is 3.04. The Bertz CT molecular complexity index is 958. The number of hydrogen-bond donors (Lipinski definition) is 1. The number of furan rings is 1. The fourth-order valence-electron chi connectivity index (χ4n) is 2.37. The highest BCUT2D eigenvalue weighted by atomic mass is 32.1. The average Bonchev–Trinajstić information content (AvgIpc) is 3.32. The van der Waals surface area contributed by atoms with Crippen molar-refractivity contribution in [3.8, 4) is 22.8 Å². The summed E-state index contributed by atoms with van der Waals surface area (Å²) in [4.78, 5) is 16.4. The number of thiazole rings is 1. The molecular formula is C18H14N2O4S. The van der Waals surface area contributed by atoms with Crippen molar-refractivity contribution in [2.45, 2.75) is 6.92 Å². The Morgan fingerprint density at radius 3 is 2.96 bits per heavy atom. The minimum atomic E-state index is -0.263. The van der Waals surface area contributed by atoms with E-state index in [9.17, 15) is 4.79 Å². The van der Waals surface area contributed by atoms with Gasteiger partial charge in [-0.3, -0.25) is 10.1 Å². The molecule has 1 aliphatic heterocycles. The number of rotatable bonds is 4. The molecule has 25 heavy (non-hydrogen) atoms. The number of amides is 1. The second-order valence-electron chi connectivity index (χ2n) is 5.38. The molecule has 0 fully saturated rings. The van der Waals surface area contributed by atoms with E-state index in [0.29, 0.717) is 16.6 Å². The van der Waals surface area contributed by atoms with E-state index < -0.39 is 0 Å². The Hall–Kier alpha value is -3.06. The molecular weight excluding hydrogens is 340 g/mol. The third-order valence-electron chi connectivity index (χ3n) is 3.56. The summed E-state index contributed by atoms with van der Waals surface area (Å²) < 4.78 is 16.1. The topological polar surface area (TPSA) is 73.6 Å². The Labute approximate surface area is 147 Å². The quantitative estimate of drug-likeness (QED) is 0.714. The molecule has 7 heteroatoms. The maximum Gasteiger partial charge on any atom is 0.250 e. The molecule has 0 saturated carbocycles. The van der Waals surface area contributed by atoms with E-state index >= 15 is 0 Å². The highest BCUT2D eigenvalue weighted by Crippen LogP contribution is 2.36. The molecule has 0 saturated heterocycles. The zero-order chi connectivity index (χ0) is 17.2. The van der Waals surface area contributed by atoms with Gasteiger partial charge in [0.25, 0.3) is 0 Å². The summed E-state index contributed by atoms with van der Waals surface area (Å²) in [5.74, 6) is 2.60. The Kier molecular flexibility index (Phi) is 3.99. The van der Waals surface area contributed by atoms with Crippen LogP contribution in [0.5, 0.6) is 11.5 Å². The summed E-state index contributed by atoms with van der Waals surface area (Å²) in [5, 5.41) is 5.15. The van der Waals surface area contributed by atoms with Gasteiger partial charge in [0.1, 0.15) is 11.5 Å². The van der Waals surface area contributed by atoms with E-state index in [0.717, 1.165) is 22.8 Å². The van der Waals surface area contributed by atoms with Gasteiger partial charge in [0.2, 0.25) is 12.7 Å². The third-order valence-corrected chi connectivity index (χ3v) is 4.32. The second-order valence-corrected chi connectivity index (χ2v) is 6.24. The van der Waals surface area contributed by atoms with Crippen LogP contribution >= 0.6 is 11.3 Å². The molecule has 4 rings (SSSR count). The van der Waals surface area contributed by atoms with Gasteiger partial charge < -0.3 is 13.9 Å². The highest BCUT2D eigenvalue weighted by molar-refractivity contribution is 7.14. The molecule has 0 atom stereocenters. The molecule has 3 aromatic rings. The number of carbonyl (C=O) groups excluding carboxylic acids is 1. The van der Waals surface area contributed by atoms with Gasteiger partial charge in [-0.15, -0.1) is 11.3 Å². The van der Waals surface area contributed by atoms with E-state index in [2.05, 4.69) is 10.3 Å². The number of carbonyl (C=O) groups is 1. The van der Waals surface area contributed by atoms with Crippen molar-refractivity contribution in [2.75, 3.05) is 12.1 Å². The molecule has 2 aromatic heterocycles. The number of benzene rings is 1. The highest BCUT2D eigenvalue weighted by Gasteiger charge is 2.15. The first-order valence-electron chi connectivity index (χ1n) is 7.58. The lowest BCUT2D eigenvalue weighted by Crippen LogP contribution is -2.07. The Balaban J connectivity index is 1.44. The molecule has 0 radical (unpaired) electrons. The summed E-state index contributed by atoms with van der Waals surface area (Å²) >= 11 is 1.36. The molecule has 1 aliphatic rings. The molecule has 0 spiro atoms. The van der Waals surface area contributed by atoms with Crippen molar-refractivity contribution in [2.24, 2.45) is 0 Å². The van der Waals surface area contributed by atoms with Gasteiger partial charge in [-0.2, -0.15) is 0 Å². The standard InChI is InChI=1S/C18H14N2O4S/c1-11-2-4-13(24-11)5-7-17(21)20-18-19-14(9-25-18)12-3-6-15-16(8-12)23-10-22-15/h2-9H,10H2,1H3,(H,19,20,21)/b7-5+. The number of aromatic nitrogens is 1. The van der Waals surface area contributed by atoms with Gasteiger partial charge in [0.15, 0.2) is 16.6 Å². The average molecular weight is 354 g/mol. The van der Waals surface area contributed by atoms with Crippen molar-refractivity contribution in [3.63, 3.8) is 0 Å². The molecule has 0 bridgehead atoms. The van der Waals surface area contributed by atoms with Crippen LogP contribution in [0.3, 0.4) is 0 Å². The summed E-state index contributed by atoms with van der Waals surface area (Å²) in [5.41, 5.74) is 1.67. The molecule has 0 unspecified atom stereocenters. The van der Waals surface area contributed by atoms with Crippen molar-refractivity contribution < 1.29 is 18.7 Å². The van der Waals surface area contributed by atoms with Crippen LogP contribution < -0.4 is 14.8 Å². The van der Waals surface area contributed by atoms with Crippen LogP contribution in [0.1, 0.15) is 11.5 Å². The second kappa shape index (κ2) is 6.45. The molecule has 1 amide bonds. The van der Waals surface area contributed by atoms with Crippen molar-refractivity contribution in [1.82, 2.24) is 4.98 Å². The maximum absolute atomic E-state index is 12.0. The number of anilines is 1. The van der Waals surface area contributed by atoms with Crippen molar-refractivity contribution in [1.29, 1.82) is 0 Å². The number of fused-ring (bicyclic) bond motifs is 1. The van der Waals surface area contributed by atoms with Gasteiger partial charge in [0.05, 0.1) is 5.69 Å². The summed E-state index contributed by atoms with van der Waals surface area (Å²) in [6.45, 7) is 2.09. The van der Waals surface area contributed by atoms with Crippen LogP contribution in [-0.2, 0) is 4.79 Å². The largest absolute Gasteiger partial charge is 0.462 e. The van der Waals surface area contributed by atoms with Crippen molar-refractivity contribution in [3.05, 3.63) is 53.3 Å². The van der Waals surface area contributed by atoms with E-state index in [-0.39, 0.29) is 12.7 Å². The van der Waals surface area contributed by atoms with E-state index in [1.807, 2.05) is 36.6 Å². The van der Waals surface area contributed by atoms with Gasteiger partial charge in [0, 0.05) is 17.0 Å². The van der Waals surface area contributed by atoms with Crippen LogP contribution in [0.2, 0.25) is 0 Å². The lowest BCUT2D eigenvalue weighted by atomic mass is 10.1. The lowest BCUT2D eigenvalue weighted by molar-refractivity contribution is -0.111. The lowest BCUT2D eigenvalue weighted by Gasteiger charge is -1.99. The number of nitrogens with one attached hydrogen (secondary N) is 1. The van der Waals surface area contributed by atoms with Crippen LogP contribution in [0.25, 0.3) is 17.3 Å². The first-order valence-corrected chi connectivity index (χ1v) is 8.46. The molecule has 1 N–H and O–H groups in total. The molecule has 6 nitrogen and oxygen atoms in total. The van der Waals surface area contributed by atoms with Crippen LogP contribution in [0, 0.1) is 6.92 Å². The van der Waals surface area contributed by atoms with Gasteiger partial charge >= 0.3 is 0 Å². The fourth-order valence-corrected chi connectivity index (χ4v) is 3.09. The minimum Gasteiger partial charge on any atom is -0.462 e. The molecule has 1 aromatic carbocycles. The number of aryl methyl sites for hydroxylation is 1. The predicted molar refractivity (Wildman–Crippen MR) is 94.8 cm³/mol.